The van der Waals surface area contributed by atoms with E-state index in [-0.39, 0.29) is 11.5 Å². The average molecular weight is 597 g/mol. The molecule has 8 heteroatoms. The number of aromatic carboxylic acids is 2. The Balaban J connectivity index is 1.16. The van der Waals surface area contributed by atoms with Gasteiger partial charge in [0.25, 0.3) is 0 Å². The number of carboxylic acids is 2. The maximum atomic E-state index is 12.6. The quantitative estimate of drug-likeness (QED) is 0.167. The molecule has 8 nitrogen and oxygen atoms in total. The summed E-state index contributed by atoms with van der Waals surface area (Å²) >= 11 is 0. The normalized spacial score (nSPS) is 16.0. The maximum absolute atomic E-state index is 12.6. The molecule has 3 N–H and O–H groups in total. The van der Waals surface area contributed by atoms with E-state index in [0.29, 0.717) is 11.6 Å². The minimum absolute atomic E-state index is 0.0863. The molecule has 0 spiro atoms. The Bertz CT molecular complexity index is 2170. The lowest BCUT2D eigenvalue weighted by Crippen LogP contribution is -2.33. The van der Waals surface area contributed by atoms with Crippen molar-refractivity contribution in [3.63, 3.8) is 0 Å². The molecule has 2 fully saturated rings. The first-order valence-electron chi connectivity index (χ1n) is 15.6. The fourth-order valence-corrected chi connectivity index (χ4v) is 7.29. The topological polar surface area (TPSA) is 116 Å². The molecule has 0 bridgehead atoms. The number of pyridine rings is 2. The standard InChI is InChI=1S/C37H32N4O4/c42-36(43)22-4-5-26-23(14-22)17-35(28-7-11-39-19-32(26)28)41-12-8-21(9-13-41)29-18-30-24(15-31(29)37(44)45)16-34(40-25-2-1-3-25)27-6-10-38-20-33(27)30/h4-7,10-11,14-21,25,40H,1-3,8-9,12-13H2,(H,42,43)(H,44,45). The molecule has 1 aliphatic carbocycles. The minimum atomic E-state index is -0.954. The summed E-state index contributed by atoms with van der Waals surface area (Å²) in [7, 11) is 0. The number of carbonyl (C=O) groups is 2. The SMILES string of the molecule is O=C(O)c1ccc2c(c1)cc(N1CCC(c3cc4c(cc3C(=O)O)cc(NC3CCC3)c3ccncc34)CC1)c1ccncc12. The molecular weight excluding hydrogens is 564 g/mol. The molecule has 0 amide bonds. The van der Waals surface area contributed by atoms with Crippen LogP contribution in [-0.2, 0) is 0 Å². The molecule has 0 unspecified atom stereocenters. The number of hydrogen-bond acceptors (Lipinski definition) is 6. The highest BCUT2D eigenvalue weighted by Gasteiger charge is 2.27. The third-order valence-corrected chi connectivity index (χ3v) is 9.87. The Labute approximate surface area is 259 Å². The monoisotopic (exact) mass is 596 g/mol. The van der Waals surface area contributed by atoms with Gasteiger partial charge >= 0.3 is 11.9 Å². The summed E-state index contributed by atoms with van der Waals surface area (Å²) in [6.45, 7) is 1.49. The smallest absolute Gasteiger partial charge is 0.335 e. The van der Waals surface area contributed by atoms with Crippen molar-refractivity contribution in [2.24, 2.45) is 0 Å². The molecule has 2 aliphatic rings. The van der Waals surface area contributed by atoms with Crippen LogP contribution in [0.25, 0.3) is 43.1 Å². The van der Waals surface area contributed by atoms with Crippen molar-refractivity contribution in [1.82, 2.24) is 9.97 Å². The number of carboxylic acid groups (broad SMARTS) is 2. The van der Waals surface area contributed by atoms with E-state index in [0.717, 1.165) is 98.8 Å². The third kappa shape index (κ3) is 4.68. The maximum Gasteiger partial charge on any atom is 0.335 e. The number of rotatable bonds is 6. The Hall–Kier alpha value is -5.24. The van der Waals surface area contributed by atoms with Crippen molar-refractivity contribution < 1.29 is 19.8 Å². The second kappa shape index (κ2) is 10.7. The number of hydrogen-bond donors (Lipinski definition) is 3. The highest BCUT2D eigenvalue weighted by atomic mass is 16.4. The van der Waals surface area contributed by atoms with Gasteiger partial charge in [-0.1, -0.05) is 6.07 Å². The number of piperidine rings is 1. The summed E-state index contributed by atoms with van der Waals surface area (Å²) in [5.41, 5.74) is 3.57. The molecule has 1 aliphatic heterocycles. The van der Waals surface area contributed by atoms with Crippen molar-refractivity contribution in [2.45, 2.75) is 44.1 Å². The van der Waals surface area contributed by atoms with E-state index >= 15 is 0 Å². The lowest BCUT2D eigenvalue weighted by atomic mass is 9.84. The summed E-state index contributed by atoms with van der Waals surface area (Å²) < 4.78 is 0. The molecule has 0 atom stereocenters. The van der Waals surface area contributed by atoms with E-state index in [1.165, 1.54) is 6.42 Å². The van der Waals surface area contributed by atoms with Crippen molar-refractivity contribution >= 4 is 66.4 Å². The molecule has 2 aromatic heterocycles. The van der Waals surface area contributed by atoms with Crippen LogP contribution >= 0.6 is 0 Å². The fraction of sp³-hybridized carbons (Fsp3) is 0.243. The molecule has 6 aromatic rings. The first kappa shape index (κ1) is 27.3. The van der Waals surface area contributed by atoms with E-state index in [2.05, 4.69) is 38.4 Å². The summed E-state index contributed by atoms with van der Waals surface area (Å²) in [6.07, 6.45) is 12.5. The number of aromatic nitrogens is 2. The number of benzene rings is 4. The van der Waals surface area contributed by atoms with Crippen molar-refractivity contribution in [2.75, 3.05) is 23.3 Å². The van der Waals surface area contributed by atoms with Crippen LogP contribution in [-0.4, -0.2) is 51.3 Å². The van der Waals surface area contributed by atoms with Gasteiger partial charge in [0.15, 0.2) is 0 Å². The van der Waals surface area contributed by atoms with E-state index in [9.17, 15) is 19.8 Å². The fourth-order valence-electron chi connectivity index (χ4n) is 7.29. The molecule has 45 heavy (non-hydrogen) atoms. The highest BCUT2D eigenvalue weighted by molar-refractivity contribution is 6.15. The Morgan fingerprint density at radius 1 is 0.711 bits per heavy atom. The lowest BCUT2D eigenvalue weighted by Gasteiger charge is -2.35. The number of nitrogens with one attached hydrogen (secondary N) is 1. The third-order valence-electron chi connectivity index (χ3n) is 9.87. The zero-order valence-electron chi connectivity index (χ0n) is 24.7. The molecule has 224 valence electrons. The van der Waals surface area contributed by atoms with E-state index in [4.69, 9.17) is 0 Å². The Morgan fingerprint density at radius 2 is 1.42 bits per heavy atom. The van der Waals surface area contributed by atoms with Gasteiger partial charge in [-0.2, -0.15) is 0 Å². The number of fused-ring (bicyclic) bond motifs is 6. The second-order valence-corrected chi connectivity index (χ2v) is 12.4. The summed E-state index contributed by atoms with van der Waals surface area (Å²) in [5, 5.41) is 31.6. The number of nitrogens with zero attached hydrogens (tertiary/aromatic N) is 3. The van der Waals surface area contributed by atoms with Gasteiger partial charge < -0.3 is 20.4 Å². The Morgan fingerprint density at radius 3 is 2.11 bits per heavy atom. The van der Waals surface area contributed by atoms with Crippen LogP contribution < -0.4 is 10.2 Å². The van der Waals surface area contributed by atoms with Crippen LogP contribution in [0.2, 0.25) is 0 Å². The zero-order chi connectivity index (χ0) is 30.7. The van der Waals surface area contributed by atoms with Gasteiger partial charge in [-0.25, -0.2) is 9.59 Å². The summed E-state index contributed by atoms with van der Waals surface area (Å²) in [6, 6.07) is 17.9. The van der Waals surface area contributed by atoms with E-state index in [1.807, 2.05) is 42.9 Å². The van der Waals surface area contributed by atoms with Gasteiger partial charge in [0.05, 0.1) is 11.1 Å². The second-order valence-electron chi connectivity index (χ2n) is 12.4. The van der Waals surface area contributed by atoms with Crippen molar-refractivity contribution in [3.05, 3.63) is 96.1 Å². The van der Waals surface area contributed by atoms with E-state index < -0.39 is 11.9 Å². The van der Waals surface area contributed by atoms with Crippen LogP contribution in [0, 0.1) is 0 Å². The lowest BCUT2D eigenvalue weighted by molar-refractivity contribution is 0.0685. The Kier molecular flexibility index (Phi) is 6.52. The summed E-state index contributed by atoms with van der Waals surface area (Å²) in [5.74, 6) is -1.77. The minimum Gasteiger partial charge on any atom is -0.478 e. The van der Waals surface area contributed by atoms with Crippen LogP contribution in [0.3, 0.4) is 0 Å². The van der Waals surface area contributed by atoms with Gasteiger partial charge in [0.2, 0.25) is 0 Å². The van der Waals surface area contributed by atoms with Crippen LogP contribution in [0.4, 0.5) is 11.4 Å². The van der Waals surface area contributed by atoms with Gasteiger partial charge in [-0.15, -0.1) is 0 Å². The van der Waals surface area contributed by atoms with Gasteiger partial charge in [0, 0.05) is 76.8 Å². The van der Waals surface area contributed by atoms with Crippen LogP contribution in [0.5, 0.6) is 0 Å². The van der Waals surface area contributed by atoms with Gasteiger partial charge in [0.1, 0.15) is 0 Å². The molecule has 3 heterocycles. The van der Waals surface area contributed by atoms with Crippen molar-refractivity contribution in [3.8, 4) is 0 Å². The molecular formula is C37H32N4O4. The predicted octanol–water partition coefficient (Wildman–Crippen LogP) is 7.83. The largest absolute Gasteiger partial charge is 0.478 e. The van der Waals surface area contributed by atoms with Gasteiger partial charge in [-0.05, 0) is 114 Å². The van der Waals surface area contributed by atoms with Crippen LogP contribution in [0.15, 0.2) is 79.4 Å². The zero-order valence-corrected chi connectivity index (χ0v) is 24.7. The first-order valence-corrected chi connectivity index (χ1v) is 15.6. The molecule has 1 saturated heterocycles. The predicted molar refractivity (Wildman–Crippen MR) is 178 cm³/mol. The molecule has 8 rings (SSSR count). The highest BCUT2D eigenvalue weighted by Crippen LogP contribution is 2.41. The summed E-state index contributed by atoms with van der Waals surface area (Å²) in [4.78, 5) is 35.5. The van der Waals surface area contributed by atoms with Gasteiger partial charge in [-0.3, -0.25) is 9.97 Å². The molecule has 4 aromatic carbocycles. The molecule has 0 radical (unpaired) electrons. The number of anilines is 2. The average Bonchev–Trinajstić information content (AvgIpc) is 3.05. The first-order chi connectivity index (χ1) is 21.9. The van der Waals surface area contributed by atoms with Crippen molar-refractivity contribution in [1.29, 1.82) is 0 Å². The molecule has 1 saturated carbocycles. The van der Waals surface area contributed by atoms with E-state index in [1.54, 1.807) is 18.3 Å². The van der Waals surface area contributed by atoms with Crippen LogP contribution in [0.1, 0.15) is 64.3 Å².